The summed E-state index contributed by atoms with van der Waals surface area (Å²) in [6.45, 7) is 1.72. The van der Waals surface area contributed by atoms with Crippen molar-refractivity contribution in [3.63, 3.8) is 0 Å². The maximum absolute atomic E-state index is 13.6. The van der Waals surface area contributed by atoms with Crippen LogP contribution in [0.5, 0.6) is 0 Å². The molecule has 0 radical (unpaired) electrons. The Labute approximate surface area is 144 Å². The molecule has 0 fully saturated rings. The van der Waals surface area contributed by atoms with E-state index in [1.807, 2.05) is 19.0 Å². The first-order valence-corrected chi connectivity index (χ1v) is 7.64. The zero-order valence-corrected chi connectivity index (χ0v) is 14.4. The fraction of sp³-hybridized carbons (Fsp3) is 0.250. The minimum Gasteiger partial charge on any atom is -0.363 e. The molecule has 0 aliphatic rings. The van der Waals surface area contributed by atoms with Crippen molar-refractivity contribution in [2.45, 2.75) is 13.0 Å². The van der Waals surface area contributed by atoms with E-state index >= 15 is 0 Å². The fourth-order valence-corrected chi connectivity index (χ4v) is 2.56. The average molecular weight is 356 g/mol. The molecule has 2 rings (SSSR count). The molecular weight excluding hydrogens is 340 g/mol. The third kappa shape index (κ3) is 4.12. The second-order valence-electron chi connectivity index (χ2n) is 5.28. The van der Waals surface area contributed by atoms with Gasteiger partial charge in [-0.15, -0.1) is 0 Å². The van der Waals surface area contributed by atoms with Gasteiger partial charge in [-0.25, -0.2) is 9.37 Å². The van der Waals surface area contributed by atoms with Gasteiger partial charge in [0.2, 0.25) is 0 Å². The molecule has 0 bridgehead atoms. The van der Waals surface area contributed by atoms with Gasteiger partial charge in [0.25, 0.3) is 5.91 Å². The first-order valence-electron chi connectivity index (χ1n) is 6.88. The molecule has 1 amide bonds. The van der Waals surface area contributed by atoms with Crippen LogP contribution in [0.4, 0.5) is 10.2 Å². The van der Waals surface area contributed by atoms with E-state index in [0.717, 1.165) is 5.82 Å². The van der Waals surface area contributed by atoms with Gasteiger partial charge in [0, 0.05) is 25.3 Å². The molecule has 1 unspecified atom stereocenters. The summed E-state index contributed by atoms with van der Waals surface area (Å²) < 4.78 is 13.6. The topological polar surface area (TPSA) is 45.2 Å². The molecule has 1 heterocycles. The molecule has 1 aromatic carbocycles. The van der Waals surface area contributed by atoms with Gasteiger partial charge in [-0.3, -0.25) is 4.79 Å². The highest BCUT2D eigenvalue weighted by Gasteiger charge is 2.16. The Kier molecular flexibility index (Phi) is 5.44. The number of pyridine rings is 1. The highest BCUT2D eigenvalue weighted by Crippen LogP contribution is 2.28. The number of nitrogens with zero attached hydrogens (tertiary/aromatic N) is 2. The van der Waals surface area contributed by atoms with Crippen LogP contribution in [0.15, 0.2) is 30.5 Å². The standard InChI is InChI=1S/C16H16Cl2FN3O/c1-9(11-6-14(19)13(18)7-12(11)17)21-16(23)10-4-5-15(20-8-10)22(2)3/h4-9H,1-3H3,(H,21,23). The second kappa shape index (κ2) is 7.15. The summed E-state index contributed by atoms with van der Waals surface area (Å²) in [4.78, 5) is 18.3. The Morgan fingerprint density at radius 1 is 1.26 bits per heavy atom. The predicted octanol–water partition coefficient (Wildman–Crippen LogP) is 4.08. The van der Waals surface area contributed by atoms with Gasteiger partial charge in [-0.05, 0) is 36.8 Å². The highest BCUT2D eigenvalue weighted by molar-refractivity contribution is 6.35. The number of aromatic nitrogens is 1. The quantitative estimate of drug-likeness (QED) is 0.840. The van der Waals surface area contributed by atoms with Crippen LogP contribution in [0, 0.1) is 5.82 Å². The van der Waals surface area contributed by atoms with E-state index in [1.54, 1.807) is 19.1 Å². The zero-order valence-electron chi connectivity index (χ0n) is 12.9. The number of anilines is 1. The lowest BCUT2D eigenvalue weighted by Gasteiger charge is -2.17. The molecule has 0 aliphatic carbocycles. The van der Waals surface area contributed by atoms with Gasteiger partial charge in [0.15, 0.2) is 0 Å². The minimum absolute atomic E-state index is 0.0549. The van der Waals surface area contributed by atoms with Crippen LogP contribution in [0.2, 0.25) is 10.0 Å². The van der Waals surface area contributed by atoms with E-state index in [-0.39, 0.29) is 10.9 Å². The van der Waals surface area contributed by atoms with Gasteiger partial charge in [0.05, 0.1) is 16.6 Å². The summed E-state index contributed by atoms with van der Waals surface area (Å²) in [5.74, 6) is -0.150. The Morgan fingerprint density at radius 3 is 2.52 bits per heavy atom. The van der Waals surface area contributed by atoms with E-state index in [4.69, 9.17) is 23.2 Å². The number of nitrogens with one attached hydrogen (secondary N) is 1. The first-order chi connectivity index (χ1) is 10.8. The molecule has 1 N–H and O–H groups in total. The number of hydrogen-bond acceptors (Lipinski definition) is 3. The first kappa shape index (κ1) is 17.5. The lowest BCUT2D eigenvalue weighted by atomic mass is 10.1. The van der Waals surface area contributed by atoms with Crippen LogP contribution in [0.25, 0.3) is 0 Å². The average Bonchev–Trinajstić information content (AvgIpc) is 2.50. The van der Waals surface area contributed by atoms with Gasteiger partial charge >= 0.3 is 0 Å². The number of carbonyl (C=O) groups is 1. The summed E-state index contributed by atoms with van der Waals surface area (Å²) >= 11 is 11.7. The fourth-order valence-electron chi connectivity index (χ4n) is 2.01. The van der Waals surface area contributed by atoms with E-state index in [0.29, 0.717) is 16.1 Å². The molecule has 0 saturated heterocycles. The van der Waals surface area contributed by atoms with Gasteiger partial charge < -0.3 is 10.2 Å². The Morgan fingerprint density at radius 2 is 1.96 bits per heavy atom. The van der Waals surface area contributed by atoms with Crippen molar-refractivity contribution in [3.8, 4) is 0 Å². The molecule has 122 valence electrons. The summed E-state index contributed by atoms with van der Waals surface area (Å²) in [7, 11) is 3.72. The van der Waals surface area contributed by atoms with Gasteiger partial charge in [0.1, 0.15) is 11.6 Å². The van der Waals surface area contributed by atoms with E-state index in [1.165, 1.54) is 18.3 Å². The molecule has 1 aromatic heterocycles. The van der Waals surface area contributed by atoms with Crippen molar-refractivity contribution >= 4 is 34.9 Å². The van der Waals surface area contributed by atoms with Crippen molar-refractivity contribution in [2.24, 2.45) is 0 Å². The molecule has 7 heteroatoms. The summed E-state index contributed by atoms with van der Waals surface area (Å²) in [5.41, 5.74) is 0.868. The van der Waals surface area contributed by atoms with Crippen molar-refractivity contribution < 1.29 is 9.18 Å². The highest BCUT2D eigenvalue weighted by atomic mass is 35.5. The lowest BCUT2D eigenvalue weighted by Crippen LogP contribution is -2.27. The number of rotatable bonds is 4. The number of benzene rings is 1. The molecule has 1 atom stereocenters. The van der Waals surface area contributed by atoms with Crippen LogP contribution in [0.1, 0.15) is 28.9 Å². The molecule has 2 aromatic rings. The molecule has 0 aliphatic heterocycles. The van der Waals surface area contributed by atoms with Gasteiger partial charge in [-0.1, -0.05) is 23.2 Å². The smallest absolute Gasteiger partial charge is 0.253 e. The molecular formula is C16H16Cl2FN3O. The Hall–Kier alpha value is -1.85. The van der Waals surface area contributed by atoms with Crippen molar-refractivity contribution in [1.29, 1.82) is 0 Å². The van der Waals surface area contributed by atoms with E-state index in [2.05, 4.69) is 10.3 Å². The largest absolute Gasteiger partial charge is 0.363 e. The number of hydrogen-bond donors (Lipinski definition) is 1. The zero-order chi connectivity index (χ0) is 17.1. The van der Waals surface area contributed by atoms with Crippen molar-refractivity contribution in [3.05, 3.63) is 57.5 Å². The van der Waals surface area contributed by atoms with E-state index in [9.17, 15) is 9.18 Å². The minimum atomic E-state index is -0.579. The number of amides is 1. The number of carbonyl (C=O) groups excluding carboxylic acids is 1. The number of halogens is 3. The Balaban J connectivity index is 2.15. The third-order valence-electron chi connectivity index (χ3n) is 3.32. The van der Waals surface area contributed by atoms with Gasteiger partial charge in [-0.2, -0.15) is 0 Å². The van der Waals surface area contributed by atoms with Crippen LogP contribution in [-0.2, 0) is 0 Å². The van der Waals surface area contributed by atoms with Crippen LogP contribution >= 0.6 is 23.2 Å². The lowest BCUT2D eigenvalue weighted by molar-refractivity contribution is 0.0939. The van der Waals surface area contributed by atoms with Crippen LogP contribution in [0.3, 0.4) is 0 Å². The second-order valence-corrected chi connectivity index (χ2v) is 6.10. The van der Waals surface area contributed by atoms with Crippen molar-refractivity contribution in [1.82, 2.24) is 10.3 Å². The molecule has 0 spiro atoms. The SMILES string of the molecule is CC(NC(=O)c1ccc(N(C)C)nc1)c1cc(F)c(Cl)cc1Cl. The maximum Gasteiger partial charge on any atom is 0.253 e. The third-order valence-corrected chi connectivity index (χ3v) is 3.94. The maximum atomic E-state index is 13.6. The molecule has 4 nitrogen and oxygen atoms in total. The monoisotopic (exact) mass is 355 g/mol. The molecule has 23 heavy (non-hydrogen) atoms. The predicted molar refractivity (Wildman–Crippen MR) is 90.9 cm³/mol. The normalized spacial score (nSPS) is 11.9. The van der Waals surface area contributed by atoms with E-state index < -0.39 is 11.9 Å². The molecule has 0 saturated carbocycles. The van der Waals surface area contributed by atoms with Crippen molar-refractivity contribution in [2.75, 3.05) is 19.0 Å². The van der Waals surface area contributed by atoms with Crippen LogP contribution < -0.4 is 10.2 Å². The summed E-state index contributed by atoms with van der Waals surface area (Å²) in [6.07, 6.45) is 1.49. The summed E-state index contributed by atoms with van der Waals surface area (Å²) in [5, 5.41) is 3.00. The Bertz CT molecular complexity index is 720. The summed E-state index contributed by atoms with van der Waals surface area (Å²) in [6, 6.07) is 5.49. The van der Waals surface area contributed by atoms with Crippen LogP contribution in [-0.4, -0.2) is 25.0 Å².